The van der Waals surface area contributed by atoms with Gasteiger partial charge in [0.15, 0.2) is 5.13 Å². The highest BCUT2D eigenvalue weighted by atomic mass is 32.1. The fourth-order valence-corrected chi connectivity index (χ4v) is 3.32. The smallest absolute Gasteiger partial charge is 0.337 e. The highest BCUT2D eigenvalue weighted by Gasteiger charge is 2.12. The van der Waals surface area contributed by atoms with Crippen LogP contribution < -0.4 is 5.32 Å². The third-order valence-electron chi connectivity index (χ3n) is 3.75. The van der Waals surface area contributed by atoms with Crippen LogP contribution in [0.5, 0.6) is 0 Å². The highest BCUT2D eigenvalue weighted by molar-refractivity contribution is 7.15. The van der Waals surface area contributed by atoms with Gasteiger partial charge in [0.05, 0.1) is 24.3 Å². The van der Waals surface area contributed by atoms with E-state index in [1.54, 1.807) is 30.5 Å². The van der Waals surface area contributed by atoms with Gasteiger partial charge >= 0.3 is 5.97 Å². The maximum Gasteiger partial charge on any atom is 0.337 e. The number of esters is 1. The van der Waals surface area contributed by atoms with E-state index in [2.05, 4.69) is 21.1 Å². The molecule has 2 aromatic carbocycles. The molecule has 0 radical (unpaired) electrons. The molecular formula is C20H15N3O3S. The van der Waals surface area contributed by atoms with Crippen molar-refractivity contribution in [2.45, 2.75) is 6.42 Å². The number of rotatable bonds is 5. The molecule has 1 amide bonds. The first-order chi connectivity index (χ1) is 13.1. The number of benzene rings is 2. The summed E-state index contributed by atoms with van der Waals surface area (Å²) in [6.45, 7) is 0. The predicted molar refractivity (Wildman–Crippen MR) is 102 cm³/mol. The van der Waals surface area contributed by atoms with Gasteiger partial charge < -0.3 is 4.74 Å². The van der Waals surface area contributed by atoms with Gasteiger partial charge in [-0.05, 0) is 35.9 Å². The van der Waals surface area contributed by atoms with Gasteiger partial charge in [-0.25, -0.2) is 9.78 Å². The summed E-state index contributed by atoms with van der Waals surface area (Å²) in [7, 11) is 1.29. The van der Waals surface area contributed by atoms with Crippen molar-refractivity contribution in [3.05, 3.63) is 81.9 Å². The molecule has 0 aliphatic carbocycles. The summed E-state index contributed by atoms with van der Waals surface area (Å²) in [6, 6.07) is 15.8. The van der Waals surface area contributed by atoms with E-state index in [1.165, 1.54) is 24.5 Å². The van der Waals surface area contributed by atoms with Crippen molar-refractivity contribution in [2.24, 2.45) is 0 Å². The van der Waals surface area contributed by atoms with Gasteiger partial charge in [-0.3, -0.25) is 10.1 Å². The van der Waals surface area contributed by atoms with E-state index in [1.807, 2.05) is 18.2 Å². The molecule has 0 atom stereocenters. The van der Waals surface area contributed by atoms with Crippen molar-refractivity contribution in [1.29, 1.82) is 5.26 Å². The Morgan fingerprint density at radius 2 is 1.96 bits per heavy atom. The molecule has 3 aromatic rings. The van der Waals surface area contributed by atoms with Gasteiger partial charge in [0.25, 0.3) is 5.91 Å². The molecule has 0 bridgehead atoms. The summed E-state index contributed by atoms with van der Waals surface area (Å²) >= 11 is 1.36. The lowest BCUT2D eigenvalue weighted by Gasteiger charge is -2.04. The number of hydrogen-bond donors (Lipinski definition) is 1. The first kappa shape index (κ1) is 18.3. The number of nitriles is 1. The Balaban J connectivity index is 1.69. The number of amides is 1. The van der Waals surface area contributed by atoms with Crippen LogP contribution in [0.25, 0.3) is 0 Å². The molecule has 0 unspecified atom stereocenters. The van der Waals surface area contributed by atoms with Crippen molar-refractivity contribution in [3.8, 4) is 6.07 Å². The second kappa shape index (κ2) is 8.25. The van der Waals surface area contributed by atoms with Crippen molar-refractivity contribution in [3.63, 3.8) is 0 Å². The molecule has 0 saturated heterocycles. The quantitative estimate of drug-likeness (QED) is 0.685. The number of methoxy groups -OCH3 is 1. The molecule has 1 N–H and O–H groups in total. The summed E-state index contributed by atoms with van der Waals surface area (Å²) in [5.41, 5.74) is 2.26. The fraction of sp³-hybridized carbons (Fsp3) is 0.100. The van der Waals surface area contributed by atoms with Gasteiger partial charge in [-0.15, -0.1) is 11.3 Å². The average Bonchev–Trinajstić information content (AvgIpc) is 3.14. The van der Waals surface area contributed by atoms with Crippen LogP contribution in [0, 0.1) is 11.3 Å². The van der Waals surface area contributed by atoms with Crippen LogP contribution in [-0.2, 0) is 11.2 Å². The van der Waals surface area contributed by atoms with Crippen molar-refractivity contribution in [2.75, 3.05) is 12.4 Å². The summed E-state index contributed by atoms with van der Waals surface area (Å²) in [4.78, 5) is 29.2. The Morgan fingerprint density at radius 1 is 1.19 bits per heavy atom. The van der Waals surface area contributed by atoms with E-state index in [0.717, 1.165) is 10.4 Å². The minimum Gasteiger partial charge on any atom is -0.465 e. The zero-order valence-electron chi connectivity index (χ0n) is 14.4. The number of nitrogens with zero attached hydrogens (tertiary/aromatic N) is 2. The van der Waals surface area contributed by atoms with Crippen LogP contribution in [0.1, 0.15) is 36.7 Å². The monoisotopic (exact) mass is 377 g/mol. The number of thiazole rings is 1. The van der Waals surface area contributed by atoms with Crippen LogP contribution in [0.4, 0.5) is 5.13 Å². The van der Waals surface area contributed by atoms with Crippen molar-refractivity contribution >= 4 is 28.3 Å². The van der Waals surface area contributed by atoms with Gasteiger partial charge in [-0.1, -0.05) is 18.2 Å². The number of carbonyl (C=O) groups is 2. The van der Waals surface area contributed by atoms with Crippen LogP contribution in [0.3, 0.4) is 0 Å². The fourth-order valence-electron chi connectivity index (χ4n) is 2.47. The molecule has 6 nitrogen and oxygen atoms in total. The largest absolute Gasteiger partial charge is 0.465 e. The summed E-state index contributed by atoms with van der Waals surface area (Å²) in [5.74, 6) is -0.853. The van der Waals surface area contributed by atoms with E-state index in [-0.39, 0.29) is 5.91 Å². The Labute approximate surface area is 160 Å². The van der Waals surface area contributed by atoms with E-state index in [0.29, 0.717) is 28.2 Å². The second-order valence-electron chi connectivity index (χ2n) is 5.65. The molecule has 0 aliphatic rings. The molecule has 1 heterocycles. The standard InChI is InChI=1S/C20H15N3O3S/c1-26-19(25)16-7-3-6-15(10-16)18(24)23-20-22-12-17(27-20)9-13-4-2-5-14(8-13)11-21/h2-8,10,12H,9H2,1H3,(H,22,23,24). The minimum absolute atomic E-state index is 0.308. The molecule has 134 valence electrons. The topological polar surface area (TPSA) is 92.1 Å². The van der Waals surface area contributed by atoms with Gasteiger partial charge in [-0.2, -0.15) is 5.26 Å². The predicted octanol–water partition coefficient (Wildman–Crippen LogP) is 3.64. The van der Waals surface area contributed by atoms with Crippen LogP contribution >= 0.6 is 11.3 Å². The molecule has 0 aliphatic heterocycles. The SMILES string of the molecule is COC(=O)c1cccc(C(=O)Nc2ncc(Cc3cccc(C#N)c3)s2)c1. The molecule has 3 rings (SSSR count). The van der Waals surface area contributed by atoms with Crippen LogP contribution in [-0.4, -0.2) is 24.0 Å². The Hall–Kier alpha value is -3.50. The lowest BCUT2D eigenvalue weighted by atomic mass is 10.1. The second-order valence-corrected chi connectivity index (χ2v) is 6.76. The Kier molecular flexibility index (Phi) is 5.59. The zero-order valence-corrected chi connectivity index (χ0v) is 15.2. The van der Waals surface area contributed by atoms with E-state index >= 15 is 0 Å². The van der Waals surface area contributed by atoms with E-state index in [4.69, 9.17) is 5.26 Å². The number of hydrogen-bond acceptors (Lipinski definition) is 6. The van der Waals surface area contributed by atoms with Gasteiger partial charge in [0.2, 0.25) is 0 Å². The first-order valence-electron chi connectivity index (χ1n) is 8.02. The average molecular weight is 377 g/mol. The van der Waals surface area contributed by atoms with Crippen molar-refractivity contribution < 1.29 is 14.3 Å². The van der Waals surface area contributed by atoms with Gasteiger partial charge in [0.1, 0.15) is 0 Å². The van der Waals surface area contributed by atoms with E-state index in [9.17, 15) is 9.59 Å². The number of carbonyl (C=O) groups excluding carboxylic acids is 2. The number of ether oxygens (including phenoxy) is 1. The third-order valence-corrected chi connectivity index (χ3v) is 4.67. The minimum atomic E-state index is -0.499. The number of anilines is 1. The molecular weight excluding hydrogens is 362 g/mol. The normalized spacial score (nSPS) is 10.1. The zero-order chi connectivity index (χ0) is 19.2. The third kappa shape index (κ3) is 4.57. The van der Waals surface area contributed by atoms with Gasteiger partial charge in [0, 0.05) is 23.1 Å². The maximum absolute atomic E-state index is 12.4. The Morgan fingerprint density at radius 3 is 2.74 bits per heavy atom. The summed E-state index contributed by atoms with van der Waals surface area (Å²) in [5, 5.41) is 12.2. The Bertz CT molecular complexity index is 1040. The first-order valence-corrected chi connectivity index (χ1v) is 8.84. The summed E-state index contributed by atoms with van der Waals surface area (Å²) in [6.07, 6.45) is 2.32. The highest BCUT2D eigenvalue weighted by Crippen LogP contribution is 2.22. The van der Waals surface area contributed by atoms with Crippen LogP contribution in [0.15, 0.2) is 54.7 Å². The molecule has 27 heavy (non-hydrogen) atoms. The lowest BCUT2D eigenvalue weighted by molar-refractivity contribution is 0.0600. The van der Waals surface area contributed by atoms with E-state index < -0.39 is 5.97 Å². The number of aromatic nitrogens is 1. The maximum atomic E-state index is 12.4. The molecule has 7 heteroatoms. The molecule has 0 spiro atoms. The lowest BCUT2D eigenvalue weighted by Crippen LogP contribution is -2.12. The van der Waals surface area contributed by atoms with Crippen molar-refractivity contribution in [1.82, 2.24) is 4.98 Å². The molecule has 1 aromatic heterocycles. The molecule has 0 fully saturated rings. The van der Waals surface area contributed by atoms with Crippen LogP contribution in [0.2, 0.25) is 0 Å². The number of nitrogens with one attached hydrogen (secondary N) is 1. The molecule has 0 saturated carbocycles. The summed E-state index contributed by atoms with van der Waals surface area (Å²) < 4.78 is 4.66.